The fourth-order valence-corrected chi connectivity index (χ4v) is 3.83. The highest BCUT2D eigenvalue weighted by Gasteiger charge is 2.23. The molecule has 6 nitrogen and oxygen atoms in total. The van der Waals surface area contributed by atoms with Crippen molar-refractivity contribution in [1.29, 1.82) is 0 Å². The maximum absolute atomic E-state index is 12.7. The number of aromatic nitrogens is 2. The van der Waals surface area contributed by atoms with Gasteiger partial charge in [0.05, 0.1) is 15.9 Å². The van der Waals surface area contributed by atoms with Crippen molar-refractivity contribution in [2.75, 3.05) is 5.73 Å². The molecule has 0 amide bonds. The minimum absolute atomic E-state index is 0.0528. The van der Waals surface area contributed by atoms with Crippen molar-refractivity contribution >= 4 is 38.3 Å². The number of nitrogen functional groups attached to an aromatic ring is 1. The molecule has 0 fully saturated rings. The van der Waals surface area contributed by atoms with Crippen molar-refractivity contribution in [1.82, 2.24) is 8.96 Å². The Kier molecular flexibility index (Phi) is 3.26. The molecule has 0 spiro atoms. The van der Waals surface area contributed by atoms with E-state index in [1.807, 2.05) is 0 Å². The van der Waals surface area contributed by atoms with Gasteiger partial charge in [0.1, 0.15) is 0 Å². The minimum atomic E-state index is -4.06. The number of fused-ring (bicyclic) bond motifs is 1. The Bertz CT molecular complexity index is 1050. The predicted molar refractivity (Wildman–Crippen MR) is 85.7 cm³/mol. The van der Waals surface area contributed by atoms with E-state index in [1.165, 1.54) is 30.3 Å². The number of hydrogen-bond donors (Lipinski definition) is 2. The van der Waals surface area contributed by atoms with Gasteiger partial charge in [0.25, 0.3) is 10.0 Å². The zero-order valence-electron chi connectivity index (χ0n) is 11.5. The van der Waals surface area contributed by atoms with E-state index in [1.54, 1.807) is 13.0 Å². The molecule has 114 valence electrons. The summed E-state index contributed by atoms with van der Waals surface area (Å²) in [5.74, 6) is 0. The molecule has 0 saturated heterocycles. The lowest BCUT2D eigenvalue weighted by molar-refractivity contribution is 0.587. The summed E-state index contributed by atoms with van der Waals surface area (Å²) < 4.78 is 26.2. The average molecular weight is 338 g/mol. The van der Waals surface area contributed by atoms with Gasteiger partial charge >= 0.3 is 5.69 Å². The molecule has 0 atom stereocenters. The summed E-state index contributed by atoms with van der Waals surface area (Å²) >= 11 is 5.98. The number of halogens is 1. The molecular weight excluding hydrogens is 326 g/mol. The second kappa shape index (κ2) is 4.89. The molecule has 1 heterocycles. The van der Waals surface area contributed by atoms with E-state index in [4.69, 9.17) is 17.3 Å². The maximum atomic E-state index is 12.7. The Labute approximate surface area is 131 Å². The molecule has 2 aromatic carbocycles. The van der Waals surface area contributed by atoms with Crippen molar-refractivity contribution in [3.05, 3.63) is 57.5 Å². The van der Waals surface area contributed by atoms with E-state index in [9.17, 15) is 13.2 Å². The van der Waals surface area contributed by atoms with Gasteiger partial charge in [0.15, 0.2) is 0 Å². The van der Waals surface area contributed by atoms with Gasteiger partial charge < -0.3 is 10.7 Å². The van der Waals surface area contributed by atoms with Crippen molar-refractivity contribution in [2.24, 2.45) is 0 Å². The predicted octanol–water partition coefficient (Wildman–Crippen LogP) is 2.11. The molecule has 0 radical (unpaired) electrons. The summed E-state index contributed by atoms with van der Waals surface area (Å²) in [5.41, 5.74) is 6.65. The van der Waals surface area contributed by atoms with E-state index < -0.39 is 15.7 Å². The quantitative estimate of drug-likeness (QED) is 0.700. The summed E-state index contributed by atoms with van der Waals surface area (Å²) in [6.07, 6.45) is 0. The highest BCUT2D eigenvalue weighted by Crippen LogP contribution is 2.23. The van der Waals surface area contributed by atoms with E-state index in [0.29, 0.717) is 20.2 Å². The number of nitrogens with two attached hydrogens (primary N) is 1. The van der Waals surface area contributed by atoms with Crippen LogP contribution in [0.3, 0.4) is 0 Å². The molecule has 22 heavy (non-hydrogen) atoms. The SMILES string of the molecule is Cc1ccc(S(=O)(=O)n2c(=O)[nH]c3cc(N)ccc32)cc1Cl. The second-order valence-electron chi connectivity index (χ2n) is 4.89. The van der Waals surface area contributed by atoms with Gasteiger partial charge in [-0.1, -0.05) is 17.7 Å². The first-order valence-corrected chi connectivity index (χ1v) is 8.14. The number of hydrogen-bond acceptors (Lipinski definition) is 4. The number of aromatic amines is 1. The standard InChI is InChI=1S/C14H12ClN3O3S/c1-8-2-4-10(7-11(8)15)22(20,21)18-13-5-3-9(16)6-12(13)17-14(18)19/h2-7H,16H2,1H3,(H,17,19). The molecule has 0 aliphatic carbocycles. The lowest BCUT2D eigenvalue weighted by atomic mass is 10.2. The molecule has 0 aliphatic rings. The number of nitrogens with one attached hydrogen (secondary N) is 1. The number of nitrogens with zero attached hydrogens (tertiary/aromatic N) is 1. The van der Waals surface area contributed by atoms with Crippen LogP contribution in [0.1, 0.15) is 5.56 Å². The van der Waals surface area contributed by atoms with Crippen LogP contribution in [-0.2, 0) is 10.0 Å². The number of anilines is 1. The number of imidazole rings is 1. The van der Waals surface area contributed by atoms with Gasteiger partial charge in [-0.3, -0.25) is 0 Å². The Morgan fingerprint density at radius 2 is 1.91 bits per heavy atom. The zero-order chi connectivity index (χ0) is 16.1. The maximum Gasteiger partial charge on any atom is 0.340 e. The zero-order valence-corrected chi connectivity index (χ0v) is 13.1. The highest BCUT2D eigenvalue weighted by atomic mass is 35.5. The lowest BCUT2D eigenvalue weighted by Crippen LogP contribution is -2.25. The van der Waals surface area contributed by atoms with Crippen LogP contribution in [0, 0.1) is 6.92 Å². The molecule has 3 aromatic rings. The van der Waals surface area contributed by atoms with Crippen LogP contribution in [0.15, 0.2) is 46.1 Å². The van der Waals surface area contributed by atoms with Crippen LogP contribution < -0.4 is 11.4 Å². The largest absolute Gasteiger partial charge is 0.399 e. The first-order chi connectivity index (χ1) is 10.3. The topological polar surface area (TPSA) is 98.0 Å². The molecule has 0 saturated carbocycles. The second-order valence-corrected chi connectivity index (χ2v) is 7.08. The monoisotopic (exact) mass is 337 g/mol. The summed E-state index contributed by atoms with van der Waals surface area (Å²) in [7, 11) is -4.06. The molecular formula is C14H12ClN3O3S. The summed E-state index contributed by atoms with van der Waals surface area (Å²) in [6.45, 7) is 1.76. The third-order valence-electron chi connectivity index (χ3n) is 3.35. The van der Waals surface area contributed by atoms with E-state index in [2.05, 4.69) is 4.98 Å². The first kappa shape index (κ1) is 14.7. The van der Waals surface area contributed by atoms with Gasteiger partial charge in [-0.05, 0) is 42.8 Å². The summed E-state index contributed by atoms with van der Waals surface area (Å²) in [6, 6.07) is 8.85. The van der Waals surface area contributed by atoms with Gasteiger partial charge in [0, 0.05) is 10.7 Å². The van der Waals surface area contributed by atoms with Crippen molar-refractivity contribution in [2.45, 2.75) is 11.8 Å². The third kappa shape index (κ3) is 2.18. The van der Waals surface area contributed by atoms with Gasteiger partial charge in [0.2, 0.25) is 0 Å². The van der Waals surface area contributed by atoms with Gasteiger partial charge in [-0.15, -0.1) is 0 Å². The molecule has 1 aromatic heterocycles. The van der Waals surface area contributed by atoms with Gasteiger partial charge in [-0.2, -0.15) is 3.97 Å². The fraction of sp³-hybridized carbons (Fsp3) is 0.0714. The van der Waals surface area contributed by atoms with Crippen LogP contribution in [0.25, 0.3) is 11.0 Å². The number of rotatable bonds is 2. The van der Waals surface area contributed by atoms with Crippen molar-refractivity contribution in [3.63, 3.8) is 0 Å². The molecule has 0 unspecified atom stereocenters. The third-order valence-corrected chi connectivity index (χ3v) is 5.45. The van der Waals surface area contributed by atoms with Crippen molar-refractivity contribution < 1.29 is 8.42 Å². The van der Waals surface area contributed by atoms with Crippen LogP contribution in [0.5, 0.6) is 0 Å². The fourth-order valence-electron chi connectivity index (χ4n) is 2.18. The van der Waals surface area contributed by atoms with E-state index >= 15 is 0 Å². The van der Waals surface area contributed by atoms with Crippen LogP contribution in [0.4, 0.5) is 5.69 Å². The molecule has 3 rings (SSSR count). The summed E-state index contributed by atoms with van der Waals surface area (Å²) in [5, 5.41) is 0.318. The first-order valence-electron chi connectivity index (χ1n) is 6.33. The van der Waals surface area contributed by atoms with Crippen molar-refractivity contribution in [3.8, 4) is 0 Å². The van der Waals surface area contributed by atoms with Crippen LogP contribution >= 0.6 is 11.6 Å². The smallest absolute Gasteiger partial charge is 0.340 e. The Morgan fingerprint density at radius 3 is 2.59 bits per heavy atom. The normalized spacial score (nSPS) is 11.9. The molecule has 0 bridgehead atoms. The summed E-state index contributed by atoms with van der Waals surface area (Å²) in [4.78, 5) is 14.5. The average Bonchev–Trinajstić information content (AvgIpc) is 2.77. The van der Waals surface area contributed by atoms with Gasteiger partial charge in [-0.25, -0.2) is 13.2 Å². The minimum Gasteiger partial charge on any atom is -0.399 e. The highest BCUT2D eigenvalue weighted by molar-refractivity contribution is 7.90. The Hall–Kier alpha value is -2.25. The molecule has 8 heteroatoms. The van der Waals surface area contributed by atoms with E-state index in [-0.39, 0.29) is 10.4 Å². The number of H-pyrrole nitrogens is 1. The van der Waals surface area contributed by atoms with Crippen LogP contribution in [-0.4, -0.2) is 17.4 Å². The molecule has 3 N–H and O–H groups in total. The Balaban J connectivity index is 2.32. The lowest BCUT2D eigenvalue weighted by Gasteiger charge is -2.07. The van der Waals surface area contributed by atoms with Crippen LogP contribution in [0.2, 0.25) is 5.02 Å². The van der Waals surface area contributed by atoms with E-state index in [0.717, 1.165) is 5.56 Å². The Morgan fingerprint density at radius 1 is 1.18 bits per heavy atom. The number of aryl methyl sites for hydroxylation is 1. The number of benzene rings is 2. The molecule has 0 aliphatic heterocycles.